The molecule has 1 aromatic rings. The van der Waals surface area contributed by atoms with E-state index >= 15 is 0 Å². The molecule has 17 heavy (non-hydrogen) atoms. The number of terminal acetylenes is 1. The number of benzene rings is 1. The van der Waals surface area contributed by atoms with Crippen molar-refractivity contribution in [3.8, 4) is 23.8 Å². The summed E-state index contributed by atoms with van der Waals surface area (Å²) in [7, 11) is 0. The normalized spacial score (nSPS) is 15.1. The first-order chi connectivity index (χ1) is 8.35. The molecule has 0 spiro atoms. The van der Waals surface area contributed by atoms with Crippen molar-refractivity contribution in [2.45, 2.75) is 19.4 Å². The van der Waals surface area contributed by atoms with Gasteiger partial charge in [-0.3, -0.25) is 0 Å². The van der Waals surface area contributed by atoms with Gasteiger partial charge in [-0.05, 0) is 24.1 Å². The van der Waals surface area contributed by atoms with Gasteiger partial charge in [0.2, 0.25) is 0 Å². The highest BCUT2D eigenvalue weighted by molar-refractivity contribution is 5.44. The maximum atomic E-state index is 5.59. The molecule has 1 aliphatic rings. The minimum Gasteiger partial charge on any atom is -0.486 e. The van der Waals surface area contributed by atoms with Gasteiger partial charge in [-0.25, -0.2) is 0 Å². The largest absolute Gasteiger partial charge is 0.486 e. The summed E-state index contributed by atoms with van der Waals surface area (Å²) in [6.45, 7) is 3.60. The van der Waals surface area contributed by atoms with Crippen molar-refractivity contribution in [3.63, 3.8) is 0 Å². The van der Waals surface area contributed by atoms with Crippen LogP contribution in [-0.4, -0.2) is 19.8 Å². The van der Waals surface area contributed by atoms with Crippen molar-refractivity contribution in [3.05, 3.63) is 23.8 Å². The van der Waals surface area contributed by atoms with E-state index in [4.69, 9.17) is 20.6 Å². The van der Waals surface area contributed by atoms with Crippen LogP contribution >= 0.6 is 0 Å². The van der Waals surface area contributed by atoms with E-state index in [1.165, 1.54) is 0 Å². The molecule has 0 N–H and O–H groups in total. The molecule has 3 heteroatoms. The smallest absolute Gasteiger partial charge is 0.161 e. The summed E-state index contributed by atoms with van der Waals surface area (Å²) in [6.07, 6.45) is 6.09. The highest BCUT2D eigenvalue weighted by Gasteiger charge is 2.16. The summed E-state index contributed by atoms with van der Waals surface area (Å²) in [5, 5.41) is 0. The van der Waals surface area contributed by atoms with Crippen LogP contribution in [0.4, 0.5) is 0 Å². The number of fused-ring (bicyclic) bond motifs is 1. The Morgan fingerprint density at radius 2 is 2.12 bits per heavy atom. The van der Waals surface area contributed by atoms with E-state index in [1.807, 2.05) is 18.2 Å². The van der Waals surface area contributed by atoms with Crippen molar-refractivity contribution in [2.24, 2.45) is 0 Å². The van der Waals surface area contributed by atoms with Gasteiger partial charge in [0.1, 0.15) is 19.8 Å². The minimum atomic E-state index is 0.0156. The Balaban J connectivity index is 2.17. The second kappa shape index (κ2) is 5.60. The topological polar surface area (TPSA) is 27.7 Å². The Labute approximate surface area is 102 Å². The highest BCUT2D eigenvalue weighted by atomic mass is 16.6. The molecular weight excluding hydrogens is 216 g/mol. The van der Waals surface area contributed by atoms with Crippen molar-refractivity contribution < 1.29 is 14.2 Å². The lowest BCUT2D eigenvalue weighted by Crippen LogP contribution is -2.15. The molecule has 0 saturated heterocycles. The average Bonchev–Trinajstić information content (AvgIpc) is 2.39. The zero-order chi connectivity index (χ0) is 12.1. The van der Waals surface area contributed by atoms with Gasteiger partial charge in [0.05, 0.1) is 6.10 Å². The Morgan fingerprint density at radius 3 is 2.82 bits per heavy atom. The van der Waals surface area contributed by atoms with Gasteiger partial charge >= 0.3 is 0 Å². The van der Waals surface area contributed by atoms with E-state index in [1.54, 1.807) is 0 Å². The summed E-state index contributed by atoms with van der Waals surface area (Å²) in [4.78, 5) is 0. The zero-order valence-electron chi connectivity index (χ0n) is 9.94. The van der Waals surface area contributed by atoms with Gasteiger partial charge in [-0.15, -0.1) is 6.42 Å². The molecule has 0 saturated carbocycles. The van der Waals surface area contributed by atoms with Crippen LogP contribution in [0.5, 0.6) is 11.5 Å². The lowest BCUT2D eigenvalue weighted by molar-refractivity contribution is 0.0744. The van der Waals surface area contributed by atoms with Crippen LogP contribution in [0.1, 0.15) is 25.0 Å². The van der Waals surface area contributed by atoms with E-state index < -0.39 is 0 Å². The first-order valence-electron chi connectivity index (χ1n) is 5.79. The van der Waals surface area contributed by atoms with Gasteiger partial charge in [0, 0.05) is 0 Å². The van der Waals surface area contributed by atoms with Crippen LogP contribution in [0.2, 0.25) is 0 Å². The van der Waals surface area contributed by atoms with Crippen molar-refractivity contribution >= 4 is 0 Å². The van der Waals surface area contributed by atoms with Crippen LogP contribution in [0.15, 0.2) is 18.2 Å². The number of rotatable bonds is 4. The third-order valence-electron chi connectivity index (χ3n) is 2.68. The molecule has 2 rings (SSSR count). The number of hydrogen-bond donors (Lipinski definition) is 0. The Bertz CT molecular complexity index is 420. The first-order valence-corrected chi connectivity index (χ1v) is 5.79. The Morgan fingerprint density at radius 1 is 1.35 bits per heavy atom. The molecule has 1 aliphatic heterocycles. The highest BCUT2D eigenvalue weighted by Crippen LogP contribution is 2.34. The molecule has 1 atom stereocenters. The second-order valence-corrected chi connectivity index (χ2v) is 3.82. The molecule has 1 unspecified atom stereocenters. The average molecular weight is 232 g/mol. The molecule has 0 radical (unpaired) electrons. The quantitative estimate of drug-likeness (QED) is 0.747. The van der Waals surface area contributed by atoms with Crippen LogP contribution in [-0.2, 0) is 4.74 Å². The molecular formula is C14H16O3. The van der Waals surface area contributed by atoms with Gasteiger partial charge in [0.15, 0.2) is 11.5 Å². The van der Waals surface area contributed by atoms with E-state index in [2.05, 4.69) is 12.8 Å². The standard InChI is InChI=1S/C14H16O3/c1-3-7-15-12(4-2)11-5-6-13-14(10-11)17-9-8-16-13/h1,5-6,10,12H,4,7-9H2,2H3. The van der Waals surface area contributed by atoms with E-state index in [0.717, 1.165) is 23.5 Å². The summed E-state index contributed by atoms with van der Waals surface area (Å²) < 4.78 is 16.6. The third-order valence-corrected chi connectivity index (χ3v) is 2.68. The lowest BCUT2D eigenvalue weighted by Gasteiger charge is -2.21. The fourth-order valence-corrected chi connectivity index (χ4v) is 1.86. The van der Waals surface area contributed by atoms with E-state index in [-0.39, 0.29) is 6.10 Å². The summed E-state index contributed by atoms with van der Waals surface area (Å²) >= 11 is 0. The van der Waals surface area contributed by atoms with E-state index in [9.17, 15) is 0 Å². The summed E-state index contributed by atoms with van der Waals surface area (Å²) in [5.74, 6) is 4.07. The lowest BCUT2D eigenvalue weighted by atomic mass is 10.1. The zero-order valence-corrected chi connectivity index (χ0v) is 9.94. The van der Waals surface area contributed by atoms with Gasteiger partial charge in [-0.1, -0.05) is 18.9 Å². The molecule has 0 bridgehead atoms. The predicted molar refractivity (Wildman–Crippen MR) is 65.2 cm³/mol. The number of ether oxygens (including phenoxy) is 3. The summed E-state index contributed by atoms with van der Waals surface area (Å²) in [6, 6.07) is 5.89. The third kappa shape index (κ3) is 2.72. The molecule has 1 aromatic carbocycles. The van der Waals surface area contributed by atoms with Crippen LogP contribution in [0.3, 0.4) is 0 Å². The molecule has 1 heterocycles. The van der Waals surface area contributed by atoms with Crippen LogP contribution in [0.25, 0.3) is 0 Å². The minimum absolute atomic E-state index is 0.0156. The maximum absolute atomic E-state index is 5.59. The fraction of sp³-hybridized carbons (Fsp3) is 0.429. The fourth-order valence-electron chi connectivity index (χ4n) is 1.86. The SMILES string of the molecule is C#CCOC(CC)c1ccc2c(c1)OCCO2. The van der Waals surface area contributed by atoms with Gasteiger partial charge in [0.25, 0.3) is 0 Å². The van der Waals surface area contributed by atoms with Crippen molar-refractivity contribution in [1.29, 1.82) is 0 Å². The summed E-state index contributed by atoms with van der Waals surface area (Å²) in [5.41, 5.74) is 1.08. The second-order valence-electron chi connectivity index (χ2n) is 3.82. The first kappa shape index (κ1) is 11.8. The van der Waals surface area contributed by atoms with Crippen molar-refractivity contribution in [1.82, 2.24) is 0 Å². The Kier molecular flexibility index (Phi) is 3.89. The predicted octanol–water partition coefficient (Wildman–Crippen LogP) is 2.56. The maximum Gasteiger partial charge on any atom is 0.161 e. The molecule has 0 aliphatic carbocycles. The van der Waals surface area contributed by atoms with Gasteiger partial charge in [-0.2, -0.15) is 0 Å². The Hall–Kier alpha value is -1.66. The molecule has 0 fully saturated rings. The molecule has 3 nitrogen and oxygen atoms in total. The molecule has 90 valence electrons. The van der Waals surface area contributed by atoms with Crippen molar-refractivity contribution in [2.75, 3.05) is 19.8 Å². The van der Waals surface area contributed by atoms with Gasteiger partial charge < -0.3 is 14.2 Å². The molecule has 0 aromatic heterocycles. The number of hydrogen-bond acceptors (Lipinski definition) is 3. The monoisotopic (exact) mass is 232 g/mol. The van der Waals surface area contributed by atoms with E-state index in [0.29, 0.717) is 19.8 Å². The van der Waals surface area contributed by atoms with Crippen LogP contribution < -0.4 is 9.47 Å². The molecule has 0 amide bonds. The van der Waals surface area contributed by atoms with Crippen LogP contribution in [0, 0.1) is 12.3 Å².